The predicted octanol–water partition coefficient (Wildman–Crippen LogP) is 6.07. The molecule has 1 aromatic heterocycles. The monoisotopic (exact) mass is 324 g/mol. The molecule has 1 aromatic rings. The maximum absolute atomic E-state index is 11.7. The summed E-state index contributed by atoms with van der Waals surface area (Å²) in [6, 6.07) is 3.23. The Hall–Kier alpha value is -1.29. The first-order valence-electron chi connectivity index (χ1n) is 9.19. The van der Waals surface area contributed by atoms with E-state index < -0.39 is 5.97 Å². The standard InChI is InChI=1S/C19H32O4/c1-3-5-7-8-9-10-11-14-17(13-6-4-2)22-23-19(20)18-15-12-16-21-18/h12,15-17H,3-11,13-14H2,1-2H3. The van der Waals surface area contributed by atoms with Gasteiger partial charge in [-0.1, -0.05) is 71.6 Å². The molecule has 132 valence electrons. The van der Waals surface area contributed by atoms with Crippen molar-refractivity contribution in [2.75, 3.05) is 0 Å². The summed E-state index contributed by atoms with van der Waals surface area (Å²) < 4.78 is 5.00. The van der Waals surface area contributed by atoms with Crippen LogP contribution in [0.5, 0.6) is 0 Å². The van der Waals surface area contributed by atoms with Crippen molar-refractivity contribution in [3.63, 3.8) is 0 Å². The van der Waals surface area contributed by atoms with Crippen LogP contribution in [-0.2, 0) is 9.78 Å². The average molecular weight is 324 g/mol. The second-order valence-electron chi connectivity index (χ2n) is 6.12. The van der Waals surface area contributed by atoms with E-state index in [4.69, 9.17) is 14.2 Å². The summed E-state index contributed by atoms with van der Waals surface area (Å²) >= 11 is 0. The van der Waals surface area contributed by atoms with Crippen LogP contribution in [0.25, 0.3) is 0 Å². The van der Waals surface area contributed by atoms with Gasteiger partial charge in [-0.25, -0.2) is 4.79 Å². The van der Waals surface area contributed by atoms with Crippen molar-refractivity contribution in [1.29, 1.82) is 0 Å². The molecule has 1 heterocycles. The largest absolute Gasteiger partial charge is 0.457 e. The van der Waals surface area contributed by atoms with E-state index in [0.717, 1.165) is 32.1 Å². The Labute approximate surface area is 140 Å². The molecule has 1 unspecified atom stereocenters. The molecule has 0 aliphatic carbocycles. The van der Waals surface area contributed by atoms with Crippen LogP contribution in [0.15, 0.2) is 22.8 Å². The van der Waals surface area contributed by atoms with E-state index in [0.29, 0.717) is 0 Å². The minimum atomic E-state index is -0.559. The lowest BCUT2D eigenvalue weighted by Gasteiger charge is -2.15. The van der Waals surface area contributed by atoms with Crippen molar-refractivity contribution in [1.82, 2.24) is 0 Å². The number of carbonyl (C=O) groups excluding carboxylic acids is 1. The molecule has 1 atom stereocenters. The summed E-state index contributed by atoms with van der Waals surface area (Å²) in [4.78, 5) is 22.0. The Morgan fingerprint density at radius 2 is 1.65 bits per heavy atom. The van der Waals surface area contributed by atoms with Crippen molar-refractivity contribution >= 4 is 5.97 Å². The van der Waals surface area contributed by atoms with E-state index in [1.807, 2.05) is 0 Å². The van der Waals surface area contributed by atoms with Gasteiger partial charge < -0.3 is 4.42 Å². The Morgan fingerprint density at radius 1 is 1.00 bits per heavy atom. The van der Waals surface area contributed by atoms with Gasteiger partial charge in [0.1, 0.15) is 6.10 Å². The summed E-state index contributed by atoms with van der Waals surface area (Å²) in [6.45, 7) is 4.39. The van der Waals surface area contributed by atoms with Crippen LogP contribution in [0.1, 0.15) is 95.0 Å². The molecule has 1 rings (SSSR count). The molecule has 0 saturated carbocycles. The van der Waals surface area contributed by atoms with Gasteiger partial charge in [-0.3, -0.25) is 4.89 Å². The third-order valence-corrected chi connectivity index (χ3v) is 3.99. The molecule has 4 heteroatoms. The van der Waals surface area contributed by atoms with Crippen molar-refractivity contribution in [3.8, 4) is 0 Å². The van der Waals surface area contributed by atoms with Gasteiger partial charge >= 0.3 is 5.97 Å². The summed E-state index contributed by atoms with van der Waals surface area (Å²) in [5.41, 5.74) is 0. The van der Waals surface area contributed by atoms with Crippen LogP contribution >= 0.6 is 0 Å². The topological polar surface area (TPSA) is 48.7 Å². The van der Waals surface area contributed by atoms with Gasteiger partial charge in [-0.2, -0.15) is 4.89 Å². The summed E-state index contributed by atoms with van der Waals surface area (Å²) in [5.74, 6) is -0.383. The minimum Gasteiger partial charge on any atom is -0.457 e. The van der Waals surface area contributed by atoms with E-state index >= 15 is 0 Å². The zero-order valence-electron chi connectivity index (χ0n) is 14.7. The zero-order valence-corrected chi connectivity index (χ0v) is 14.7. The number of hydrogen-bond acceptors (Lipinski definition) is 4. The fourth-order valence-electron chi connectivity index (χ4n) is 2.55. The van der Waals surface area contributed by atoms with Crippen LogP contribution in [0, 0.1) is 0 Å². The molecule has 0 aliphatic heterocycles. The van der Waals surface area contributed by atoms with E-state index in [2.05, 4.69) is 13.8 Å². The molecule has 0 radical (unpaired) electrons. The molecule has 0 fully saturated rings. The molecule has 23 heavy (non-hydrogen) atoms. The van der Waals surface area contributed by atoms with E-state index in [1.165, 1.54) is 44.8 Å². The molecular formula is C19H32O4. The highest BCUT2D eigenvalue weighted by molar-refractivity contribution is 5.85. The lowest BCUT2D eigenvalue weighted by molar-refractivity contribution is -0.278. The second kappa shape index (κ2) is 13.2. The summed E-state index contributed by atoms with van der Waals surface area (Å²) in [5, 5.41) is 0. The van der Waals surface area contributed by atoms with Crippen molar-refractivity contribution in [2.45, 2.75) is 90.6 Å². The molecule has 0 spiro atoms. The van der Waals surface area contributed by atoms with Crippen LogP contribution in [-0.4, -0.2) is 12.1 Å². The first-order valence-corrected chi connectivity index (χ1v) is 9.19. The van der Waals surface area contributed by atoms with E-state index in [1.54, 1.807) is 12.1 Å². The fourth-order valence-corrected chi connectivity index (χ4v) is 2.55. The third-order valence-electron chi connectivity index (χ3n) is 3.99. The van der Waals surface area contributed by atoms with Crippen molar-refractivity contribution in [2.24, 2.45) is 0 Å². The van der Waals surface area contributed by atoms with Gasteiger partial charge in [-0.15, -0.1) is 0 Å². The summed E-state index contributed by atoms with van der Waals surface area (Å²) in [7, 11) is 0. The van der Waals surface area contributed by atoms with Gasteiger partial charge in [-0.05, 0) is 25.0 Å². The van der Waals surface area contributed by atoms with Crippen LogP contribution in [0.4, 0.5) is 0 Å². The Balaban J connectivity index is 2.19. The molecule has 0 bridgehead atoms. The number of furan rings is 1. The van der Waals surface area contributed by atoms with Crippen molar-refractivity contribution in [3.05, 3.63) is 24.2 Å². The first-order chi connectivity index (χ1) is 11.3. The Bertz CT molecular complexity index is 386. The van der Waals surface area contributed by atoms with Gasteiger partial charge in [0.25, 0.3) is 0 Å². The highest BCUT2D eigenvalue weighted by Crippen LogP contribution is 2.16. The first kappa shape index (κ1) is 19.8. The highest BCUT2D eigenvalue weighted by Gasteiger charge is 2.16. The van der Waals surface area contributed by atoms with E-state index in [-0.39, 0.29) is 11.9 Å². The minimum absolute atomic E-state index is 0.00972. The molecular weight excluding hydrogens is 292 g/mol. The normalized spacial score (nSPS) is 12.3. The molecule has 0 aromatic carbocycles. The number of hydrogen-bond donors (Lipinski definition) is 0. The molecule has 0 saturated heterocycles. The quantitative estimate of drug-likeness (QED) is 0.237. The lowest BCUT2D eigenvalue weighted by atomic mass is 10.0. The molecule has 0 amide bonds. The number of rotatable bonds is 14. The molecule has 4 nitrogen and oxygen atoms in total. The smallest absolute Gasteiger partial charge is 0.407 e. The SMILES string of the molecule is CCCCCCCCCC(CCCC)OOC(=O)c1ccco1. The molecule has 0 aliphatic rings. The van der Waals surface area contributed by atoms with Gasteiger partial charge in [0.05, 0.1) is 6.26 Å². The molecule has 0 N–H and O–H groups in total. The van der Waals surface area contributed by atoms with Crippen LogP contribution in [0.2, 0.25) is 0 Å². The fraction of sp³-hybridized carbons (Fsp3) is 0.737. The average Bonchev–Trinajstić information content (AvgIpc) is 3.10. The van der Waals surface area contributed by atoms with E-state index in [9.17, 15) is 4.79 Å². The van der Waals surface area contributed by atoms with Gasteiger partial charge in [0.15, 0.2) is 0 Å². The maximum Gasteiger partial charge on any atom is 0.407 e. The van der Waals surface area contributed by atoms with Crippen LogP contribution < -0.4 is 0 Å². The number of unbranched alkanes of at least 4 members (excludes halogenated alkanes) is 7. The third kappa shape index (κ3) is 9.44. The number of carbonyl (C=O) groups is 1. The Kier molecular flexibility index (Phi) is 11.3. The van der Waals surface area contributed by atoms with Gasteiger partial charge in [0, 0.05) is 0 Å². The second-order valence-corrected chi connectivity index (χ2v) is 6.12. The lowest BCUT2D eigenvalue weighted by Crippen LogP contribution is -2.16. The predicted molar refractivity (Wildman–Crippen MR) is 91.1 cm³/mol. The van der Waals surface area contributed by atoms with Crippen molar-refractivity contribution < 1.29 is 19.0 Å². The van der Waals surface area contributed by atoms with Crippen LogP contribution in [0.3, 0.4) is 0 Å². The highest BCUT2D eigenvalue weighted by atomic mass is 17.2. The Morgan fingerprint density at radius 3 is 2.30 bits per heavy atom. The van der Waals surface area contributed by atoms with Gasteiger partial charge in [0.2, 0.25) is 5.76 Å². The maximum atomic E-state index is 11.7. The summed E-state index contributed by atoms with van der Waals surface area (Å²) in [6.07, 6.45) is 14.4. The zero-order chi connectivity index (χ0) is 16.8.